The molecule has 9 rings (SSSR count). The van der Waals surface area contributed by atoms with E-state index in [4.69, 9.17) is 0 Å². The van der Waals surface area contributed by atoms with E-state index in [2.05, 4.69) is 170 Å². The molecule has 1 nitrogen and oxygen atoms in total. The number of hydrogen-bond acceptors (Lipinski definition) is 2. The minimum Gasteiger partial charge on any atom is -0.310 e. The largest absolute Gasteiger partial charge is 0.310 e. The summed E-state index contributed by atoms with van der Waals surface area (Å²) in [5.74, 6) is 0. The molecule has 0 unspecified atom stereocenters. The molecule has 242 valence electrons. The summed E-state index contributed by atoms with van der Waals surface area (Å²) in [4.78, 5) is 2.39. The molecule has 0 bridgehead atoms. The first-order valence-corrected chi connectivity index (χ1v) is 18.4. The fourth-order valence-corrected chi connectivity index (χ4v) is 8.66. The summed E-state index contributed by atoms with van der Waals surface area (Å²) in [5.41, 5.74) is 11.4. The van der Waals surface area contributed by atoms with Gasteiger partial charge in [-0.25, -0.2) is 0 Å². The third kappa shape index (κ3) is 5.41. The van der Waals surface area contributed by atoms with Gasteiger partial charge in [0.25, 0.3) is 0 Å². The summed E-state index contributed by atoms with van der Waals surface area (Å²) in [5, 5.41) is 5.29. The van der Waals surface area contributed by atoms with Gasteiger partial charge >= 0.3 is 0 Å². The first-order valence-electron chi connectivity index (χ1n) is 17.6. The van der Waals surface area contributed by atoms with E-state index in [1.54, 1.807) is 0 Å². The van der Waals surface area contributed by atoms with E-state index >= 15 is 0 Å². The Labute approximate surface area is 295 Å². The Balaban J connectivity index is 0.000000914. The molecule has 0 saturated carbocycles. The zero-order chi connectivity index (χ0) is 34.1. The van der Waals surface area contributed by atoms with E-state index in [0.717, 1.165) is 11.4 Å². The minimum absolute atomic E-state index is 0.0974. The molecule has 0 radical (unpaired) electrons. The first-order chi connectivity index (χ1) is 24.1. The number of fused-ring (bicyclic) bond motifs is 8. The van der Waals surface area contributed by atoms with Crippen LogP contribution < -0.4 is 4.90 Å². The third-order valence-corrected chi connectivity index (χ3v) is 10.9. The van der Waals surface area contributed by atoms with Crippen molar-refractivity contribution < 1.29 is 0 Å². The average Bonchev–Trinajstić information content (AvgIpc) is 3.66. The Morgan fingerprint density at radius 3 is 1.88 bits per heavy atom. The van der Waals surface area contributed by atoms with E-state index in [0.29, 0.717) is 0 Å². The topological polar surface area (TPSA) is 3.24 Å². The third-order valence-electron chi connectivity index (χ3n) is 9.66. The summed E-state index contributed by atoms with van der Waals surface area (Å²) < 4.78 is 2.68. The molecule has 0 spiro atoms. The number of nitrogens with zero attached hydrogens (tertiary/aromatic N) is 1. The molecule has 0 atom stereocenters. The van der Waals surface area contributed by atoms with Gasteiger partial charge in [0, 0.05) is 42.6 Å². The standard InChI is InChI=1S/C43H31NS.2C2H6/c1-43(2)38-26-21-28-11-6-7-14-33(28)41(38)37-25-24-32(27-39(37)43)44(30-12-4-3-5-13-30)31-22-19-29(20-23-31)34-16-10-17-36-35-15-8-9-18-40(35)45-42(34)36;2*1-2/h3-27H,1-2H3;2*1-2H3. The monoisotopic (exact) mass is 653 g/mol. The predicted molar refractivity (Wildman–Crippen MR) is 217 cm³/mol. The van der Waals surface area contributed by atoms with Gasteiger partial charge in [-0.05, 0) is 86.6 Å². The molecular formula is C47H43NS. The lowest BCUT2D eigenvalue weighted by Crippen LogP contribution is -2.16. The summed E-state index contributed by atoms with van der Waals surface area (Å²) >= 11 is 1.88. The van der Waals surface area contributed by atoms with Crippen molar-refractivity contribution in [3.8, 4) is 22.3 Å². The Bertz CT molecular complexity index is 2400. The Hall–Kier alpha value is -5.18. The zero-order valence-electron chi connectivity index (χ0n) is 29.3. The second kappa shape index (κ2) is 13.4. The van der Waals surface area contributed by atoms with Crippen LogP contribution in [-0.4, -0.2) is 0 Å². The molecule has 0 aliphatic heterocycles. The van der Waals surface area contributed by atoms with Crippen LogP contribution in [0.2, 0.25) is 0 Å². The van der Waals surface area contributed by atoms with Gasteiger partial charge in [-0.2, -0.15) is 0 Å². The molecule has 1 aliphatic carbocycles. The van der Waals surface area contributed by atoms with E-state index in [-0.39, 0.29) is 5.41 Å². The Kier molecular flexibility index (Phi) is 8.84. The van der Waals surface area contributed by atoms with Crippen molar-refractivity contribution in [3.63, 3.8) is 0 Å². The van der Waals surface area contributed by atoms with Crippen LogP contribution in [0.4, 0.5) is 17.1 Å². The van der Waals surface area contributed by atoms with E-state index in [1.807, 2.05) is 39.0 Å². The normalized spacial score (nSPS) is 12.4. The summed E-state index contributed by atoms with van der Waals surface area (Å²) in [7, 11) is 0. The molecule has 0 N–H and O–H groups in total. The molecule has 0 saturated heterocycles. The molecule has 8 aromatic rings. The molecular weight excluding hydrogens is 611 g/mol. The van der Waals surface area contributed by atoms with E-state index in [1.165, 1.54) is 70.0 Å². The Morgan fingerprint density at radius 2 is 1.10 bits per heavy atom. The molecule has 49 heavy (non-hydrogen) atoms. The first kappa shape index (κ1) is 32.4. The van der Waals surface area contributed by atoms with E-state index < -0.39 is 0 Å². The number of thiophene rings is 1. The summed E-state index contributed by atoms with van der Waals surface area (Å²) in [6.45, 7) is 12.7. The van der Waals surface area contributed by atoms with Gasteiger partial charge in [-0.15, -0.1) is 11.3 Å². The smallest absolute Gasteiger partial charge is 0.0465 e. The fraction of sp³-hybridized carbons (Fsp3) is 0.149. The predicted octanol–water partition coefficient (Wildman–Crippen LogP) is 14.7. The zero-order valence-corrected chi connectivity index (χ0v) is 30.1. The van der Waals surface area contributed by atoms with Crippen LogP contribution >= 0.6 is 11.3 Å². The van der Waals surface area contributed by atoms with Crippen LogP contribution in [0.15, 0.2) is 152 Å². The van der Waals surface area contributed by atoms with Crippen molar-refractivity contribution in [1.29, 1.82) is 0 Å². The lowest BCUT2D eigenvalue weighted by Gasteiger charge is -2.28. The number of benzene rings is 7. The number of para-hydroxylation sites is 1. The van der Waals surface area contributed by atoms with Crippen molar-refractivity contribution in [1.82, 2.24) is 0 Å². The van der Waals surface area contributed by atoms with Gasteiger partial charge in [0.15, 0.2) is 0 Å². The van der Waals surface area contributed by atoms with Crippen LogP contribution in [0.1, 0.15) is 52.7 Å². The van der Waals surface area contributed by atoms with Crippen LogP contribution in [0.5, 0.6) is 0 Å². The van der Waals surface area contributed by atoms with Crippen LogP contribution in [-0.2, 0) is 5.41 Å². The van der Waals surface area contributed by atoms with Gasteiger partial charge in [-0.1, -0.05) is 151 Å². The highest BCUT2D eigenvalue weighted by molar-refractivity contribution is 7.26. The molecule has 1 aliphatic rings. The Morgan fingerprint density at radius 1 is 0.469 bits per heavy atom. The highest BCUT2D eigenvalue weighted by Crippen LogP contribution is 2.53. The van der Waals surface area contributed by atoms with Crippen LogP contribution in [0.3, 0.4) is 0 Å². The lowest BCUT2D eigenvalue weighted by atomic mass is 9.82. The number of anilines is 3. The maximum Gasteiger partial charge on any atom is 0.0465 e. The molecule has 0 fully saturated rings. The van der Waals surface area contributed by atoms with Crippen molar-refractivity contribution in [2.24, 2.45) is 0 Å². The number of hydrogen-bond donors (Lipinski definition) is 0. The highest BCUT2D eigenvalue weighted by Gasteiger charge is 2.37. The van der Waals surface area contributed by atoms with Crippen LogP contribution in [0.25, 0.3) is 53.2 Å². The lowest BCUT2D eigenvalue weighted by molar-refractivity contribution is 0.661. The quantitative estimate of drug-likeness (QED) is 0.183. The van der Waals surface area contributed by atoms with Crippen molar-refractivity contribution in [3.05, 3.63) is 163 Å². The van der Waals surface area contributed by atoms with Crippen molar-refractivity contribution >= 4 is 59.3 Å². The summed E-state index contributed by atoms with van der Waals surface area (Å²) in [6, 6.07) is 55.7. The van der Waals surface area contributed by atoms with Crippen LogP contribution in [0, 0.1) is 0 Å². The van der Waals surface area contributed by atoms with Gasteiger partial charge < -0.3 is 4.90 Å². The van der Waals surface area contributed by atoms with Gasteiger partial charge in [-0.3, -0.25) is 0 Å². The van der Waals surface area contributed by atoms with Gasteiger partial charge in [0.05, 0.1) is 0 Å². The molecule has 1 heterocycles. The van der Waals surface area contributed by atoms with Gasteiger partial charge in [0.2, 0.25) is 0 Å². The highest BCUT2D eigenvalue weighted by atomic mass is 32.1. The van der Waals surface area contributed by atoms with Crippen molar-refractivity contribution in [2.45, 2.75) is 47.0 Å². The van der Waals surface area contributed by atoms with Gasteiger partial charge in [0.1, 0.15) is 0 Å². The van der Waals surface area contributed by atoms with Crippen molar-refractivity contribution in [2.75, 3.05) is 4.90 Å². The molecule has 0 amide bonds. The number of rotatable bonds is 4. The summed E-state index contributed by atoms with van der Waals surface area (Å²) in [6.07, 6.45) is 0. The maximum absolute atomic E-state index is 2.42. The maximum atomic E-state index is 2.42. The minimum atomic E-state index is -0.0974. The fourth-order valence-electron chi connectivity index (χ4n) is 7.42. The molecule has 1 aromatic heterocycles. The average molecular weight is 654 g/mol. The molecule has 7 aromatic carbocycles. The second-order valence-electron chi connectivity index (χ2n) is 12.6. The second-order valence-corrected chi connectivity index (χ2v) is 13.6. The molecule has 2 heteroatoms. The SMILES string of the molecule is CC.CC.CC1(C)c2cc(N(c3ccccc3)c3ccc(-c4cccc5c4sc4ccccc45)cc3)ccc2-c2c1ccc1ccccc21. The van der Waals surface area contributed by atoms with E-state index in [9.17, 15) is 0 Å².